The van der Waals surface area contributed by atoms with Crippen LogP contribution in [0.2, 0.25) is 5.02 Å². The molecule has 2 amide bonds. The van der Waals surface area contributed by atoms with Gasteiger partial charge >= 0.3 is 0 Å². The largest absolute Gasteiger partial charge is 0.355 e. The predicted molar refractivity (Wildman–Crippen MR) is 83.1 cm³/mol. The van der Waals surface area contributed by atoms with Crippen molar-refractivity contribution in [2.75, 3.05) is 19.6 Å². The lowest BCUT2D eigenvalue weighted by Crippen LogP contribution is -2.45. The molecule has 2 rings (SSSR count). The van der Waals surface area contributed by atoms with Crippen molar-refractivity contribution in [1.82, 2.24) is 10.2 Å². The zero-order valence-electron chi connectivity index (χ0n) is 12.3. The van der Waals surface area contributed by atoms with Crippen molar-refractivity contribution in [2.24, 2.45) is 5.92 Å². The van der Waals surface area contributed by atoms with Crippen LogP contribution in [0.15, 0.2) is 24.3 Å². The standard InChI is InChI=1S/C16H21ClN2O2/c1-12(20)19-10-2-3-14(11-19)16(21)18-9-8-13-4-6-15(17)7-5-13/h4-7,14H,2-3,8-11H2,1H3,(H,18,21)/t14-/m0/s1. The van der Waals surface area contributed by atoms with E-state index in [0.29, 0.717) is 18.1 Å². The fourth-order valence-corrected chi connectivity index (χ4v) is 2.73. The number of halogens is 1. The molecule has 21 heavy (non-hydrogen) atoms. The van der Waals surface area contributed by atoms with Crippen molar-refractivity contribution in [3.05, 3.63) is 34.9 Å². The van der Waals surface area contributed by atoms with Crippen LogP contribution in [-0.2, 0) is 16.0 Å². The van der Waals surface area contributed by atoms with Crippen molar-refractivity contribution in [2.45, 2.75) is 26.2 Å². The van der Waals surface area contributed by atoms with Gasteiger partial charge in [0.1, 0.15) is 0 Å². The maximum atomic E-state index is 12.1. The molecule has 0 aliphatic carbocycles. The average molecular weight is 309 g/mol. The van der Waals surface area contributed by atoms with Crippen LogP contribution in [0.1, 0.15) is 25.3 Å². The fourth-order valence-electron chi connectivity index (χ4n) is 2.60. The molecule has 1 N–H and O–H groups in total. The lowest BCUT2D eigenvalue weighted by Gasteiger charge is -2.31. The molecule has 0 aromatic heterocycles. The molecule has 0 spiro atoms. The second-order valence-electron chi connectivity index (χ2n) is 5.47. The number of piperidine rings is 1. The van der Waals surface area contributed by atoms with Crippen LogP contribution < -0.4 is 5.32 Å². The Morgan fingerprint density at radius 1 is 1.33 bits per heavy atom. The van der Waals surface area contributed by atoms with Gasteiger partial charge in [0, 0.05) is 31.6 Å². The van der Waals surface area contributed by atoms with E-state index in [0.717, 1.165) is 31.4 Å². The summed E-state index contributed by atoms with van der Waals surface area (Å²) in [6, 6.07) is 7.63. The Kier molecular flexibility index (Phi) is 5.62. The summed E-state index contributed by atoms with van der Waals surface area (Å²) in [5, 5.41) is 3.68. The van der Waals surface area contributed by atoms with E-state index < -0.39 is 0 Å². The molecule has 1 heterocycles. The van der Waals surface area contributed by atoms with Crippen LogP contribution in [0.25, 0.3) is 0 Å². The molecule has 0 unspecified atom stereocenters. The van der Waals surface area contributed by atoms with Crippen molar-refractivity contribution >= 4 is 23.4 Å². The van der Waals surface area contributed by atoms with Gasteiger partial charge in [-0.2, -0.15) is 0 Å². The number of nitrogens with one attached hydrogen (secondary N) is 1. The van der Waals surface area contributed by atoms with E-state index in [2.05, 4.69) is 5.32 Å². The molecule has 0 bridgehead atoms. The third kappa shape index (κ3) is 4.74. The quantitative estimate of drug-likeness (QED) is 0.927. The normalized spacial score (nSPS) is 18.4. The summed E-state index contributed by atoms with van der Waals surface area (Å²) in [6.07, 6.45) is 2.54. The minimum Gasteiger partial charge on any atom is -0.355 e. The van der Waals surface area contributed by atoms with Crippen molar-refractivity contribution in [3.8, 4) is 0 Å². The first-order valence-corrected chi connectivity index (χ1v) is 7.71. The average Bonchev–Trinajstić information content (AvgIpc) is 2.49. The number of carbonyl (C=O) groups is 2. The molecule has 1 aliphatic rings. The Balaban J connectivity index is 1.76. The zero-order chi connectivity index (χ0) is 15.2. The van der Waals surface area contributed by atoms with Gasteiger partial charge in [-0.15, -0.1) is 0 Å². The highest BCUT2D eigenvalue weighted by Crippen LogP contribution is 2.16. The third-order valence-corrected chi connectivity index (χ3v) is 4.12. The Morgan fingerprint density at radius 3 is 2.71 bits per heavy atom. The van der Waals surface area contributed by atoms with E-state index in [-0.39, 0.29) is 17.7 Å². The molecule has 1 atom stereocenters. The number of benzene rings is 1. The zero-order valence-corrected chi connectivity index (χ0v) is 13.0. The van der Waals surface area contributed by atoms with Gasteiger partial charge < -0.3 is 10.2 Å². The number of likely N-dealkylation sites (tertiary alicyclic amines) is 1. The molecule has 0 saturated carbocycles. The highest BCUT2D eigenvalue weighted by molar-refractivity contribution is 6.30. The minimum absolute atomic E-state index is 0.0497. The lowest BCUT2D eigenvalue weighted by molar-refractivity contribution is -0.133. The topological polar surface area (TPSA) is 49.4 Å². The summed E-state index contributed by atoms with van der Waals surface area (Å²) in [6.45, 7) is 3.48. The number of nitrogens with zero attached hydrogens (tertiary/aromatic N) is 1. The van der Waals surface area contributed by atoms with Gasteiger partial charge in [0.15, 0.2) is 0 Å². The van der Waals surface area contributed by atoms with Crippen molar-refractivity contribution in [3.63, 3.8) is 0 Å². The molecular formula is C16H21ClN2O2. The second kappa shape index (κ2) is 7.46. The van der Waals surface area contributed by atoms with Crippen molar-refractivity contribution < 1.29 is 9.59 Å². The Labute approximate surface area is 130 Å². The molecular weight excluding hydrogens is 288 g/mol. The monoisotopic (exact) mass is 308 g/mol. The van der Waals surface area contributed by atoms with Gasteiger partial charge in [-0.05, 0) is 37.0 Å². The SMILES string of the molecule is CC(=O)N1CCC[C@H](C(=O)NCCc2ccc(Cl)cc2)C1. The number of amides is 2. The summed E-state index contributed by atoms with van der Waals surface area (Å²) in [7, 11) is 0. The van der Waals surface area contributed by atoms with Crippen LogP contribution in [0.4, 0.5) is 0 Å². The van der Waals surface area contributed by atoms with Crippen LogP contribution in [0.3, 0.4) is 0 Å². The maximum absolute atomic E-state index is 12.1. The minimum atomic E-state index is -0.0760. The summed E-state index contributed by atoms with van der Waals surface area (Å²) < 4.78 is 0. The number of hydrogen-bond donors (Lipinski definition) is 1. The van der Waals surface area contributed by atoms with Crippen LogP contribution in [-0.4, -0.2) is 36.3 Å². The molecule has 1 aliphatic heterocycles. The van der Waals surface area contributed by atoms with Gasteiger partial charge in [0.05, 0.1) is 5.92 Å². The molecule has 1 saturated heterocycles. The van der Waals surface area contributed by atoms with E-state index in [1.54, 1.807) is 11.8 Å². The molecule has 1 aromatic carbocycles. The lowest BCUT2D eigenvalue weighted by atomic mass is 9.97. The molecule has 4 nitrogen and oxygen atoms in total. The van der Waals surface area contributed by atoms with Crippen molar-refractivity contribution in [1.29, 1.82) is 0 Å². The Bertz CT molecular complexity index is 502. The van der Waals surface area contributed by atoms with E-state index in [9.17, 15) is 9.59 Å². The van der Waals surface area contributed by atoms with E-state index in [4.69, 9.17) is 11.6 Å². The van der Waals surface area contributed by atoms with Gasteiger partial charge in [-0.3, -0.25) is 9.59 Å². The molecule has 1 fully saturated rings. The molecule has 0 radical (unpaired) electrons. The smallest absolute Gasteiger partial charge is 0.224 e. The van der Waals surface area contributed by atoms with E-state index in [1.165, 1.54) is 0 Å². The number of rotatable bonds is 4. The predicted octanol–water partition coefficient (Wildman–Crippen LogP) is 2.26. The maximum Gasteiger partial charge on any atom is 0.224 e. The summed E-state index contributed by atoms with van der Waals surface area (Å²) in [5.41, 5.74) is 1.15. The molecule has 1 aromatic rings. The Morgan fingerprint density at radius 2 is 2.05 bits per heavy atom. The number of hydrogen-bond acceptors (Lipinski definition) is 2. The molecule has 114 valence electrons. The first kappa shape index (κ1) is 15.8. The van der Waals surface area contributed by atoms with Gasteiger partial charge in [0.25, 0.3) is 0 Å². The summed E-state index contributed by atoms with van der Waals surface area (Å²) in [4.78, 5) is 25.3. The molecule has 5 heteroatoms. The van der Waals surface area contributed by atoms with Gasteiger partial charge in [-0.1, -0.05) is 23.7 Å². The first-order chi connectivity index (χ1) is 10.1. The Hall–Kier alpha value is -1.55. The highest BCUT2D eigenvalue weighted by atomic mass is 35.5. The number of carbonyl (C=O) groups excluding carboxylic acids is 2. The summed E-state index contributed by atoms with van der Waals surface area (Å²) in [5.74, 6) is 0.0245. The second-order valence-corrected chi connectivity index (χ2v) is 5.91. The fraction of sp³-hybridized carbons (Fsp3) is 0.500. The van der Waals surface area contributed by atoms with E-state index >= 15 is 0 Å². The van der Waals surface area contributed by atoms with Crippen LogP contribution in [0, 0.1) is 5.92 Å². The van der Waals surface area contributed by atoms with Gasteiger partial charge in [-0.25, -0.2) is 0 Å². The summed E-state index contributed by atoms with van der Waals surface area (Å²) >= 11 is 5.83. The van der Waals surface area contributed by atoms with Gasteiger partial charge in [0.2, 0.25) is 11.8 Å². The highest BCUT2D eigenvalue weighted by Gasteiger charge is 2.26. The third-order valence-electron chi connectivity index (χ3n) is 3.86. The first-order valence-electron chi connectivity index (χ1n) is 7.34. The van der Waals surface area contributed by atoms with Crippen LogP contribution >= 0.6 is 11.6 Å². The van der Waals surface area contributed by atoms with E-state index in [1.807, 2.05) is 24.3 Å². The van der Waals surface area contributed by atoms with Crippen LogP contribution in [0.5, 0.6) is 0 Å².